The third-order valence-electron chi connectivity index (χ3n) is 3.92. The number of hydrogen-bond acceptors (Lipinski definition) is 5. The molecule has 2 aliphatic heterocycles. The molecule has 0 aromatic carbocycles. The van der Waals surface area contributed by atoms with Crippen LogP contribution in [0.1, 0.15) is 13.3 Å². The first-order chi connectivity index (χ1) is 9.28. The number of nitrogens with zero attached hydrogens (tertiary/aromatic N) is 1. The van der Waals surface area contributed by atoms with E-state index in [9.17, 15) is 18.0 Å². The zero-order valence-electron chi connectivity index (χ0n) is 11.3. The van der Waals surface area contributed by atoms with Crippen molar-refractivity contribution in [1.82, 2.24) is 4.90 Å². The summed E-state index contributed by atoms with van der Waals surface area (Å²) in [7, 11) is -2.91. The zero-order valence-corrected chi connectivity index (χ0v) is 13.0. The fourth-order valence-corrected chi connectivity index (χ4v) is 6.21. The Labute approximate surface area is 122 Å². The van der Waals surface area contributed by atoms with E-state index in [0.717, 1.165) is 0 Å². The summed E-state index contributed by atoms with van der Waals surface area (Å²) in [5.74, 6) is -0.875. The summed E-state index contributed by atoms with van der Waals surface area (Å²) in [4.78, 5) is 24.6. The number of carboxylic acids is 1. The number of thioether (sulfide) groups is 1. The molecule has 20 heavy (non-hydrogen) atoms. The lowest BCUT2D eigenvalue weighted by molar-refractivity contribution is -0.142. The molecule has 2 fully saturated rings. The van der Waals surface area contributed by atoms with Crippen LogP contribution >= 0.6 is 11.8 Å². The molecule has 0 aromatic heterocycles. The predicted molar refractivity (Wildman–Crippen MR) is 76.4 cm³/mol. The molecule has 1 amide bonds. The topological polar surface area (TPSA) is 91.8 Å². The smallest absolute Gasteiger partial charge is 0.308 e. The Morgan fingerprint density at radius 2 is 2.05 bits per heavy atom. The lowest BCUT2D eigenvalue weighted by Gasteiger charge is -2.16. The Kier molecular flexibility index (Phi) is 4.63. The Bertz CT molecular complexity index is 504. The quantitative estimate of drug-likeness (QED) is 0.789. The number of hydrogen-bond donors (Lipinski definition) is 1. The van der Waals surface area contributed by atoms with Crippen LogP contribution in [0.5, 0.6) is 0 Å². The molecule has 3 atom stereocenters. The first kappa shape index (κ1) is 15.6. The molecular weight excluding hydrogens is 302 g/mol. The van der Waals surface area contributed by atoms with Gasteiger partial charge in [0.1, 0.15) is 0 Å². The second-order valence-electron chi connectivity index (χ2n) is 5.56. The SMILES string of the molecule is C[C@@H]1CN(C(=O)CSC2CCS(=O)(=O)C2)C[C@H]1C(=O)O. The van der Waals surface area contributed by atoms with Crippen LogP contribution in [-0.2, 0) is 19.4 Å². The molecule has 2 heterocycles. The van der Waals surface area contributed by atoms with Crippen molar-refractivity contribution in [3.8, 4) is 0 Å². The van der Waals surface area contributed by atoms with Crippen LogP contribution in [0.2, 0.25) is 0 Å². The molecule has 0 bridgehead atoms. The van der Waals surface area contributed by atoms with Gasteiger partial charge in [0.15, 0.2) is 9.84 Å². The maximum atomic E-state index is 12.0. The molecule has 8 heteroatoms. The Morgan fingerprint density at radius 1 is 1.35 bits per heavy atom. The van der Waals surface area contributed by atoms with Gasteiger partial charge in [-0.15, -0.1) is 11.8 Å². The third kappa shape index (κ3) is 3.66. The maximum Gasteiger partial charge on any atom is 0.308 e. The van der Waals surface area contributed by atoms with Crippen LogP contribution in [0.3, 0.4) is 0 Å². The molecule has 6 nitrogen and oxygen atoms in total. The molecule has 1 unspecified atom stereocenters. The van der Waals surface area contributed by atoms with Crippen molar-refractivity contribution >= 4 is 33.5 Å². The number of amides is 1. The van der Waals surface area contributed by atoms with Gasteiger partial charge < -0.3 is 10.0 Å². The largest absolute Gasteiger partial charge is 0.481 e. The van der Waals surface area contributed by atoms with Crippen molar-refractivity contribution in [3.63, 3.8) is 0 Å². The van der Waals surface area contributed by atoms with E-state index in [1.165, 1.54) is 11.8 Å². The van der Waals surface area contributed by atoms with E-state index in [1.54, 1.807) is 4.90 Å². The molecule has 0 saturated carbocycles. The minimum Gasteiger partial charge on any atom is -0.481 e. The second-order valence-corrected chi connectivity index (χ2v) is 9.07. The van der Waals surface area contributed by atoms with Crippen molar-refractivity contribution in [3.05, 3.63) is 0 Å². The van der Waals surface area contributed by atoms with Gasteiger partial charge >= 0.3 is 5.97 Å². The van der Waals surface area contributed by atoms with E-state index in [0.29, 0.717) is 13.0 Å². The van der Waals surface area contributed by atoms with Gasteiger partial charge in [0, 0.05) is 18.3 Å². The van der Waals surface area contributed by atoms with Crippen LogP contribution in [0.25, 0.3) is 0 Å². The highest BCUT2D eigenvalue weighted by Gasteiger charge is 2.37. The number of aliphatic carboxylic acids is 1. The van der Waals surface area contributed by atoms with Gasteiger partial charge in [0.05, 0.1) is 23.2 Å². The van der Waals surface area contributed by atoms with Crippen LogP contribution in [-0.4, -0.2) is 65.9 Å². The minimum atomic E-state index is -2.91. The third-order valence-corrected chi connectivity index (χ3v) is 7.18. The fourth-order valence-electron chi connectivity index (χ4n) is 2.66. The van der Waals surface area contributed by atoms with Gasteiger partial charge in [-0.3, -0.25) is 9.59 Å². The van der Waals surface area contributed by atoms with Crippen LogP contribution in [0.15, 0.2) is 0 Å². The molecule has 0 radical (unpaired) electrons. The molecule has 1 N–H and O–H groups in total. The van der Waals surface area contributed by atoms with Gasteiger partial charge in [0.2, 0.25) is 5.91 Å². The number of carbonyl (C=O) groups is 2. The average Bonchev–Trinajstić information content (AvgIpc) is 2.89. The van der Waals surface area contributed by atoms with Gasteiger partial charge in [-0.05, 0) is 12.3 Å². The van der Waals surface area contributed by atoms with E-state index >= 15 is 0 Å². The molecule has 2 aliphatic rings. The van der Waals surface area contributed by atoms with Gasteiger partial charge in [-0.25, -0.2) is 8.42 Å². The summed E-state index contributed by atoms with van der Waals surface area (Å²) < 4.78 is 22.7. The highest BCUT2D eigenvalue weighted by atomic mass is 32.2. The number of rotatable bonds is 4. The fraction of sp³-hybridized carbons (Fsp3) is 0.833. The van der Waals surface area contributed by atoms with E-state index in [-0.39, 0.29) is 40.9 Å². The van der Waals surface area contributed by atoms with E-state index in [4.69, 9.17) is 5.11 Å². The Morgan fingerprint density at radius 3 is 2.55 bits per heavy atom. The number of carbonyl (C=O) groups excluding carboxylic acids is 1. The molecule has 2 rings (SSSR count). The highest BCUT2D eigenvalue weighted by Crippen LogP contribution is 2.27. The van der Waals surface area contributed by atoms with Crippen molar-refractivity contribution in [1.29, 1.82) is 0 Å². The summed E-state index contributed by atoms with van der Waals surface area (Å²) in [5, 5.41) is 9.03. The normalized spacial score (nSPS) is 32.5. The Hall–Kier alpha value is -0.760. The van der Waals surface area contributed by atoms with E-state index in [2.05, 4.69) is 0 Å². The molecule has 0 aromatic rings. The number of likely N-dealkylation sites (tertiary alicyclic amines) is 1. The van der Waals surface area contributed by atoms with Crippen molar-refractivity contribution in [2.45, 2.75) is 18.6 Å². The number of sulfone groups is 1. The van der Waals surface area contributed by atoms with Crippen LogP contribution in [0.4, 0.5) is 0 Å². The maximum absolute atomic E-state index is 12.0. The average molecular weight is 321 g/mol. The van der Waals surface area contributed by atoms with Crippen LogP contribution in [0, 0.1) is 11.8 Å². The monoisotopic (exact) mass is 321 g/mol. The second kappa shape index (κ2) is 5.93. The molecule has 2 saturated heterocycles. The molecule has 114 valence electrons. The first-order valence-electron chi connectivity index (χ1n) is 6.61. The summed E-state index contributed by atoms with van der Waals surface area (Å²) >= 11 is 1.37. The van der Waals surface area contributed by atoms with Gasteiger partial charge in [-0.2, -0.15) is 0 Å². The van der Waals surface area contributed by atoms with Crippen LogP contribution < -0.4 is 0 Å². The zero-order chi connectivity index (χ0) is 14.9. The van der Waals surface area contributed by atoms with Crippen molar-refractivity contribution in [2.24, 2.45) is 11.8 Å². The van der Waals surface area contributed by atoms with E-state index < -0.39 is 21.7 Å². The summed E-state index contributed by atoms with van der Waals surface area (Å²) in [5.41, 5.74) is 0. The summed E-state index contributed by atoms with van der Waals surface area (Å²) in [6, 6.07) is 0. The van der Waals surface area contributed by atoms with E-state index in [1.807, 2.05) is 6.92 Å². The van der Waals surface area contributed by atoms with Crippen molar-refractivity contribution < 1.29 is 23.1 Å². The Balaban J connectivity index is 1.80. The first-order valence-corrected chi connectivity index (χ1v) is 9.48. The highest BCUT2D eigenvalue weighted by molar-refractivity contribution is 8.02. The standard InChI is InChI=1S/C12H19NO5S2/c1-8-4-13(5-10(8)12(15)16)11(14)6-19-9-2-3-20(17,18)7-9/h8-10H,2-7H2,1H3,(H,15,16)/t8-,9?,10-/m1/s1. The number of carboxylic acid groups (broad SMARTS) is 1. The lowest BCUT2D eigenvalue weighted by atomic mass is 9.99. The van der Waals surface area contributed by atoms with Crippen molar-refractivity contribution in [2.75, 3.05) is 30.3 Å². The minimum absolute atomic E-state index is 0.000697. The predicted octanol–water partition coefficient (Wildman–Crippen LogP) is 0.0858. The summed E-state index contributed by atoms with van der Waals surface area (Å²) in [6.45, 7) is 2.57. The van der Waals surface area contributed by atoms with Gasteiger partial charge in [-0.1, -0.05) is 6.92 Å². The molecule has 0 spiro atoms. The molecule has 0 aliphatic carbocycles. The lowest BCUT2D eigenvalue weighted by Crippen LogP contribution is -2.32. The summed E-state index contributed by atoms with van der Waals surface area (Å²) in [6.07, 6.45) is 0.606. The molecular formula is C12H19NO5S2. The van der Waals surface area contributed by atoms with Gasteiger partial charge in [0.25, 0.3) is 0 Å².